The molecule has 1 aromatic carbocycles. The van der Waals surface area contributed by atoms with E-state index in [4.69, 9.17) is 31.3 Å². The van der Waals surface area contributed by atoms with Crippen molar-refractivity contribution in [1.82, 2.24) is 0 Å². The van der Waals surface area contributed by atoms with Crippen molar-refractivity contribution in [1.29, 1.82) is 0 Å². The number of rotatable bonds is 3. The molecule has 0 aromatic heterocycles. The van der Waals surface area contributed by atoms with E-state index in [9.17, 15) is 9.59 Å². The van der Waals surface area contributed by atoms with Gasteiger partial charge in [-0.15, -0.1) is 0 Å². The Morgan fingerprint density at radius 2 is 1.56 bits per heavy atom. The van der Waals surface area contributed by atoms with E-state index < -0.39 is 30.4 Å². The third kappa shape index (κ3) is 2.31. The molecule has 0 amide bonds. The van der Waals surface area contributed by atoms with Crippen molar-refractivity contribution in [3.05, 3.63) is 34.9 Å². The van der Waals surface area contributed by atoms with E-state index in [0.717, 1.165) is 0 Å². The summed E-state index contributed by atoms with van der Waals surface area (Å²) in [6, 6.07) is 6.51. The maximum Gasteiger partial charge on any atom is 0.336 e. The fraction of sp³-hybridized carbons (Fsp3) is 0.273. The highest BCUT2D eigenvalue weighted by molar-refractivity contribution is 6.31. The molecule has 0 radical (unpaired) electrons. The number of carboxylic acids is 2. The molecule has 2 atom stereocenters. The summed E-state index contributed by atoms with van der Waals surface area (Å²) >= 11 is 5.90. The van der Waals surface area contributed by atoms with Crippen LogP contribution >= 0.6 is 11.6 Å². The summed E-state index contributed by atoms with van der Waals surface area (Å²) in [6.45, 7) is 0. The Morgan fingerprint density at radius 1 is 1.06 bits per heavy atom. The van der Waals surface area contributed by atoms with Crippen LogP contribution in [0.25, 0.3) is 0 Å². The third-order valence-electron chi connectivity index (χ3n) is 2.46. The number of ether oxygens (including phenoxy) is 2. The average molecular weight is 273 g/mol. The molecular formula is C11H9ClO6. The van der Waals surface area contributed by atoms with Crippen LogP contribution in [0.4, 0.5) is 0 Å². The molecule has 2 unspecified atom stereocenters. The lowest BCUT2D eigenvalue weighted by molar-refractivity contribution is -0.156. The Hall–Kier alpha value is -1.63. The molecule has 1 heterocycles. The molecule has 2 N–H and O–H groups in total. The molecule has 0 bridgehead atoms. The topological polar surface area (TPSA) is 93.1 Å². The van der Waals surface area contributed by atoms with Gasteiger partial charge in [0.1, 0.15) is 0 Å². The first-order valence-corrected chi connectivity index (χ1v) is 5.39. The Bertz CT molecular complexity index is 466. The van der Waals surface area contributed by atoms with Crippen molar-refractivity contribution >= 4 is 23.5 Å². The van der Waals surface area contributed by atoms with Gasteiger partial charge in [0, 0.05) is 10.6 Å². The fourth-order valence-electron chi connectivity index (χ4n) is 1.63. The van der Waals surface area contributed by atoms with Crippen LogP contribution in [0, 0.1) is 0 Å². The summed E-state index contributed by atoms with van der Waals surface area (Å²) < 4.78 is 10.2. The first-order chi connectivity index (χ1) is 8.50. The summed E-state index contributed by atoms with van der Waals surface area (Å²) in [5, 5.41) is 18.0. The van der Waals surface area contributed by atoms with E-state index in [2.05, 4.69) is 0 Å². The van der Waals surface area contributed by atoms with Gasteiger partial charge in [0.2, 0.25) is 0 Å². The lowest BCUT2D eigenvalue weighted by Gasteiger charge is -2.11. The van der Waals surface area contributed by atoms with E-state index in [1.54, 1.807) is 24.3 Å². The van der Waals surface area contributed by atoms with Crippen LogP contribution < -0.4 is 0 Å². The highest BCUT2D eigenvalue weighted by atomic mass is 35.5. The lowest BCUT2D eigenvalue weighted by Crippen LogP contribution is -2.36. The summed E-state index contributed by atoms with van der Waals surface area (Å²) in [5.41, 5.74) is 0.397. The molecule has 0 saturated carbocycles. The van der Waals surface area contributed by atoms with Crippen LogP contribution in [0.1, 0.15) is 11.9 Å². The predicted molar refractivity (Wildman–Crippen MR) is 59.2 cm³/mol. The highest BCUT2D eigenvalue weighted by Gasteiger charge is 2.46. The predicted octanol–water partition coefficient (Wildman–Crippen LogP) is 1.29. The lowest BCUT2D eigenvalue weighted by atomic mass is 10.2. The zero-order valence-corrected chi connectivity index (χ0v) is 9.70. The number of benzene rings is 1. The van der Waals surface area contributed by atoms with Crippen LogP contribution in [-0.2, 0) is 19.1 Å². The normalized spacial score (nSPS) is 27.1. The minimum absolute atomic E-state index is 0.317. The number of carboxylic acid groups (broad SMARTS) is 2. The van der Waals surface area contributed by atoms with Gasteiger partial charge in [0.15, 0.2) is 18.5 Å². The SMILES string of the molecule is O=C(O)C1OC(c2ccccc2Cl)OC1C(=O)O. The summed E-state index contributed by atoms with van der Waals surface area (Å²) in [5.74, 6) is -2.78. The zero-order valence-electron chi connectivity index (χ0n) is 8.95. The number of halogens is 1. The molecule has 2 rings (SSSR count). The van der Waals surface area contributed by atoms with Gasteiger partial charge in [-0.25, -0.2) is 9.59 Å². The third-order valence-corrected chi connectivity index (χ3v) is 2.81. The molecule has 1 aromatic rings. The van der Waals surface area contributed by atoms with Crippen molar-refractivity contribution in [2.24, 2.45) is 0 Å². The Kier molecular flexibility index (Phi) is 3.51. The number of hydrogen-bond donors (Lipinski definition) is 2. The van der Waals surface area contributed by atoms with Gasteiger partial charge in [0.05, 0.1) is 0 Å². The molecule has 7 heteroatoms. The van der Waals surface area contributed by atoms with Gasteiger partial charge < -0.3 is 19.7 Å². The van der Waals surface area contributed by atoms with Crippen molar-refractivity contribution < 1.29 is 29.3 Å². The maximum absolute atomic E-state index is 10.9. The van der Waals surface area contributed by atoms with Gasteiger partial charge in [0.25, 0.3) is 0 Å². The molecule has 0 spiro atoms. The van der Waals surface area contributed by atoms with Gasteiger partial charge in [-0.05, 0) is 6.07 Å². The van der Waals surface area contributed by atoms with E-state index in [-0.39, 0.29) is 0 Å². The van der Waals surface area contributed by atoms with Crippen molar-refractivity contribution in [2.75, 3.05) is 0 Å². The highest BCUT2D eigenvalue weighted by Crippen LogP contribution is 2.35. The van der Waals surface area contributed by atoms with Crippen LogP contribution in [-0.4, -0.2) is 34.4 Å². The molecule has 0 aliphatic carbocycles. The van der Waals surface area contributed by atoms with Gasteiger partial charge in [-0.3, -0.25) is 0 Å². The van der Waals surface area contributed by atoms with Crippen LogP contribution in [0.3, 0.4) is 0 Å². The Morgan fingerprint density at radius 3 is 2.00 bits per heavy atom. The number of hydrogen-bond acceptors (Lipinski definition) is 4. The van der Waals surface area contributed by atoms with Crippen LogP contribution in [0.2, 0.25) is 5.02 Å². The van der Waals surface area contributed by atoms with Gasteiger partial charge >= 0.3 is 11.9 Å². The largest absolute Gasteiger partial charge is 0.479 e. The van der Waals surface area contributed by atoms with Crippen molar-refractivity contribution in [2.45, 2.75) is 18.5 Å². The summed E-state index contributed by atoms with van der Waals surface area (Å²) in [7, 11) is 0. The standard InChI is InChI=1S/C11H9ClO6/c12-6-4-2-1-3-5(6)11-17-7(9(13)14)8(18-11)10(15)16/h1-4,7-8,11H,(H,13,14)(H,15,16). The van der Waals surface area contributed by atoms with E-state index in [1.165, 1.54) is 0 Å². The van der Waals surface area contributed by atoms with Crippen molar-refractivity contribution in [3.63, 3.8) is 0 Å². The smallest absolute Gasteiger partial charge is 0.336 e. The first-order valence-electron chi connectivity index (χ1n) is 5.01. The summed E-state index contributed by atoms with van der Waals surface area (Å²) in [4.78, 5) is 21.8. The molecule has 96 valence electrons. The van der Waals surface area contributed by atoms with Crippen LogP contribution in [0.15, 0.2) is 24.3 Å². The van der Waals surface area contributed by atoms with E-state index in [1.807, 2.05) is 0 Å². The fourth-order valence-corrected chi connectivity index (χ4v) is 1.85. The second kappa shape index (κ2) is 4.93. The average Bonchev–Trinajstić information content (AvgIpc) is 2.74. The van der Waals surface area contributed by atoms with E-state index >= 15 is 0 Å². The number of aliphatic carboxylic acids is 2. The van der Waals surface area contributed by atoms with Crippen LogP contribution in [0.5, 0.6) is 0 Å². The minimum Gasteiger partial charge on any atom is -0.479 e. The second-order valence-electron chi connectivity index (χ2n) is 3.64. The molecule has 1 aliphatic heterocycles. The first kappa shape index (κ1) is 12.8. The molecule has 18 heavy (non-hydrogen) atoms. The number of carbonyl (C=O) groups is 2. The molecular weight excluding hydrogens is 264 g/mol. The minimum atomic E-state index is -1.55. The molecule has 1 aliphatic rings. The van der Waals surface area contributed by atoms with Gasteiger partial charge in [-0.1, -0.05) is 29.8 Å². The molecule has 1 fully saturated rings. The van der Waals surface area contributed by atoms with Gasteiger partial charge in [-0.2, -0.15) is 0 Å². The molecule has 6 nitrogen and oxygen atoms in total. The maximum atomic E-state index is 10.9. The second-order valence-corrected chi connectivity index (χ2v) is 4.05. The zero-order chi connectivity index (χ0) is 13.3. The Labute approximate surface area is 107 Å². The van der Waals surface area contributed by atoms with Crippen molar-refractivity contribution in [3.8, 4) is 0 Å². The quantitative estimate of drug-likeness (QED) is 0.861. The monoisotopic (exact) mass is 272 g/mol. The van der Waals surface area contributed by atoms with E-state index in [0.29, 0.717) is 10.6 Å². The summed E-state index contributed by atoms with van der Waals surface area (Å²) in [6.07, 6.45) is -4.20. The Balaban J connectivity index is 2.26. The molecule has 1 saturated heterocycles.